The van der Waals surface area contributed by atoms with Crippen molar-refractivity contribution in [2.24, 2.45) is 5.73 Å². The summed E-state index contributed by atoms with van der Waals surface area (Å²) in [5.74, 6) is 2.09. The van der Waals surface area contributed by atoms with Crippen molar-refractivity contribution < 1.29 is 9.53 Å². The third kappa shape index (κ3) is 4.00. The Morgan fingerprint density at radius 1 is 1.24 bits per heavy atom. The van der Waals surface area contributed by atoms with Crippen molar-refractivity contribution in [2.75, 3.05) is 11.9 Å². The van der Waals surface area contributed by atoms with Crippen LogP contribution >= 0.6 is 12.4 Å². The number of nitrogens with zero attached hydrogens (tertiary/aromatic N) is 2. The molecule has 1 saturated carbocycles. The number of ether oxygens (including phenoxy) is 1. The Bertz CT molecular complexity index is 729. The van der Waals surface area contributed by atoms with Crippen LogP contribution in [0.15, 0.2) is 24.3 Å². The summed E-state index contributed by atoms with van der Waals surface area (Å²) in [7, 11) is 0. The molecule has 134 valence electrons. The lowest BCUT2D eigenvalue weighted by atomic mass is 10.1. The smallest absolute Gasteiger partial charge is 0.253 e. The minimum atomic E-state index is -0.410. The minimum Gasteiger partial charge on any atom is -0.364 e. The number of amides is 1. The zero-order valence-electron chi connectivity index (χ0n) is 13.8. The van der Waals surface area contributed by atoms with Gasteiger partial charge in [-0.25, -0.2) is 4.98 Å². The molecule has 25 heavy (non-hydrogen) atoms. The van der Waals surface area contributed by atoms with E-state index in [9.17, 15) is 4.79 Å². The lowest BCUT2D eigenvalue weighted by molar-refractivity contribution is -0.126. The number of halogens is 1. The first kappa shape index (κ1) is 17.8. The predicted octanol–water partition coefficient (Wildman–Crippen LogP) is 2.22. The number of nitrogens with one attached hydrogen (secondary N) is 2. The van der Waals surface area contributed by atoms with Gasteiger partial charge >= 0.3 is 0 Å². The highest BCUT2D eigenvalue weighted by atomic mass is 35.5. The first-order valence-electron chi connectivity index (χ1n) is 8.42. The largest absolute Gasteiger partial charge is 0.364 e. The average molecular weight is 364 g/mol. The topological polar surface area (TPSA) is 106 Å². The Morgan fingerprint density at radius 3 is 2.64 bits per heavy atom. The molecule has 7 nitrogen and oxygen atoms in total. The summed E-state index contributed by atoms with van der Waals surface area (Å²) in [5.41, 5.74) is 7.24. The summed E-state index contributed by atoms with van der Waals surface area (Å²) in [6.45, 7) is 0.456. The van der Waals surface area contributed by atoms with E-state index in [-0.39, 0.29) is 24.4 Å². The van der Waals surface area contributed by atoms with E-state index < -0.39 is 6.10 Å². The standard InChI is InChI=1S/C17H21N5O2.ClH/c18-9-13-7-8-14(24-13)17(23)19-12-5-3-11(4-6-12)16-20-15(21-22-16)10-1-2-10;/h3-6,10,13-14H,1-2,7-9,18H2,(H,19,23)(H,20,21,22);1H/t13-,14+;/m1./s1. The molecule has 8 heteroatoms. The molecule has 0 radical (unpaired) electrons. The molecular formula is C17H22ClN5O2. The van der Waals surface area contributed by atoms with Crippen LogP contribution in [-0.4, -0.2) is 39.8 Å². The molecule has 2 aliphatic rings. The summed E-state index contributed by atoms with van der Waals surface area (Å²) in [6, 6.07) is 7.53. The number of nitrogens with two attached hydrogens (primary N) is 1. The second-order valence-electron chi connectivity index (χ2n) is 6.44. The van der Waals surface area contributed by atoms with Crippen LogP contribution in [0.4, 0.5) is 5.69 Å². The zero-order chi connectivity index (χ0) is 16.5. The fourth-order valence-corrected chi connectivity index (χ4v) is 2.94. The molecule has 2 atom stereocenters. The molecule has 2 aromatic rings. The molecule has 2 fully saturated rings. The molecule has 1 aromatic heterocycles. The average Bonchev–Trinajstić information content (AvgIpc) is 3.14. The predicted molar refractivity (Wildman–Crippen MR) is 96.6 cm³/mol. The Balaban J connectivity index is 0.00000182. The third-order valence-corrected chi connectivity index (χ3v) is 4.54. The van der Waals surface area contributed by atoms with Gasteiger partial charge in [0.05, 0.1) is 6.10 Å². The van der Waals surface area contributed by atoms with Gasteiger partial charge in [-0.3, -0.25) is 9.89 Å². The second-order valence-corrected chi connectivity index (χ2v) is 6.44. The quantitative estimate of drug-likeness (QED) is 0.755. The van der Waals surface area contributed by atoms with E-state index in [1.807, 2.05) is 24.3 Å². The van der Waals surface area contributed by atoms with E-state index >= 15 is 0 Å². The highest BCUT2D eigenvalue weighted by Gasteiger charge is 2.30. The highest BCUT2D eigenvalue weighted by Crippen LogP contribution is 2.38. The van der Waals surface area contributed by atoms with Crippen molar-refractivity contribution >= 4 is 24.0 Å². The molecule has 1 aliphatic heterocycles. The van der Waals surface area contributed by atoms with E-state index in [1.54, 1.807) is 0 Å². The monoisotopic (exact) mass is 363 g/mol. The molecule has 1 amide bonds. The van der Waals surface area contributed by atoms with Gasteiger partial charge in [-0.05, 0) is 49.9 Å². The Kier molecular flexibility index (Phi) is 5.36. The van der Waals surface area contributed by atoms with Crippen LogP contribution in [0.5, 0.6) is 0 Å². The number of rotatable bonds is 5. The van der Waals surface area contributed by atoms with Gasteiger partial charge in [-0.15, -0.1) is 12.4 Å². The van der Waals surface area contributed by atoms with Crippen molar-refractivity contribution in [3.8, 4) is 11.4 Å². The number of aromatic nitrogens is 3. The van der Waals surface area contributed by atoms with Crippen LogP contribution in [-0.2, 0) is 9.53 Å². The first-order valence-corrected chi connectivity index (χ1v) is 8.42. The molecule has 0 unspecified atom stereocenters. The van der Waals surface area contributed by atoms with Gasteiger partial charge in [0.2, 0.25) is 0 Å². The summed E-state index contributed by atoms with van der Waals surface area (Å²) in [5, 5.41) is 10.2. The van der Waals surface area contributed by atoms with Gasteiger partial charge < -0.3 is 15.8 Å². The van der Waals surface area contributed by atoms with Crippen molar-refractivity contribution in [1.29, 1.82) is 0 Å². The zero-order valence-corrected chi connectivity index (χ0v) is 14.6. The molecule has 1 aliphatic carbocycles. The number of benzene rings is 1. The van der Waals surface area contributed by atoms with Gasteiger partial charge in [-0.2, -0.15) is 5.10 Å². The van der Waals surface area contributed by atoms with Gasteiger partial charge in [0, 0.05) is 23.7 Å². The fraction of sp³-hybridized carbons (Fsp3) is 0.471. The Hall–Kier alpha value is -1.96. The Labute approximate surface area is 152 Å². The van der Waals surface area contributed by atoms with E-state index in [2.05, 4.69) is 20.5 Å². The van der Waals surface area contributed by atoms with E-state index in [0.29, 0.717) is 24.7 Å². The molecule has 0 spiro atoms. The van der Waals surface area contributed by atoms with Crippen molar-refractivity contribution in [3.63, 3.8) is 0 Å². The lowest BCUT2D eigenvalue weighted by Crippen LogP contribution is -2.29. The fourth-order valence-electron chi connectivity index (χ4n) is 2.94. The Morgan fingerprint density at radius 2 is 2.00 bits per heavy atom. The summed E-state index contributed by atoms with van der Waals surface area (Å²) >= 11 is 0. The van der Waals surface area contributed by atoms with Crippen LogP contribution < -0.4 is 11.1 Å². The number of hydrogen-bond donors (Lipinski definition) is 3. The molecular weight excluding hydrogens is 342 g/mol. The van der Waals surface area contributed by atoms with Crippen LogP contribution in [0.2, 0.25) is 0 Å². The normalized spacial score (nSPS) is 22.4. The molecule has 1 aromatic carbocycles. The summed E-state index contributed by atoms with van der Waals surface area (Å²) in [4.78, 5) is 16.7. The molecule has 2 heterocycles. The van der Waals surface area contributed by atoms with Crippen molar-refractivity contribution in [3.05, 3.63) is 30.1 Å². The number of hydrogen-bond acceptors (Lipinski definition) is 5. The maximum absolute atomic E-state index is 12.2. The number of carbonyl (C=O) groups is 1. The van der Waals surface area contributed by atoms with Crippen LogP contribution in [0, 0.1) is 0 Å². The molecule has 4 rings (SSSR count). The van der Waals surface area contributed by atoms with E-state index in [0.717, 1.165) is 23.5 Å². The first-order chi connectivity index (χ1) is 11.7. The molecule has 0 bridgehead atoms. The number of carbonyl (C=O) groups excluding carboxylic acids is 1. The third-order valence-electron chi connectivity index (χ3n) is 4.54. The van der Waals surface area contributed by atoms with Gasteiger partial charge in [0.1, 0.15) is 11.9 Å². The van der Waals surface area contributed by atoms with Gasteiger partial charge in [-0.1, -0.05) is 0 Å². The minimum absolute atomic E-state index is 0. The molecule has 4 N–H and O–H groups in total. The summed E-state index contributed by atoms with van der Waals surface area (Å²) in [6.07, 6.45) is 3.51. The van der Waals surface area contributed by atoms with Gasteiger partial charge in [0.25, 0.3) is 5.91 Å². The highest BCUT2D eigenvalue weighted by molar-refractivity contribution is 5.94. The van der Waals surface area contributed by atoms with E-state index in [1.165, 1.54) is 12.8 Å². The van der Waals surface area contributed by atoms with E-state index in [4.69, 9.17) is 10.5 Å². The number of H-pyrrole nitrogens is 1. The van der Waals surface area contributed by atoms with Crippen LogP contribution in [0.3, 0.4) is 0 Å². The maximum atomic E-state index is 12.2. The SMILES string of the molecule is Cl.NC[C@H]1CC[C@@H](C(=O)Nc2ccc(-c3n[nH]c(C4CC4)n3)cc2)O1. The van der Waals surface area contributed by atoms with Crippen LogP contribution in [0.25, 0.3) is 11.4 Å². The number of aromatic amines is 1. The summed E-state index contributed by atoms with van der Waals surface area (Å²) < 4.78 is 5.61. The van der Waals surface area contributed by atoms with Crippen molar-refractivity contribution in [2.45, 2.75) is 43.8 Å². The number of anilines is 1. The van der Waals surface area contributed by atoms with Crippen molar-refractivity contribution in [1.82, 2.24) is 15.2 Å². The molecule has 1 saturated heterocycles. The lowest BCUT2D eigenvalue weighted by Gasteiger charge is -2.12. The van der Waals surface area contributed by atoms with Crippen LogP contribution in [0.1, 0.15) is 37.4 Å². The van der Waals surface area contributed by atoms with Gasteiger partial charge in [0.15, 0.2) is 5.82 Å². The maximum Gasteiger partial charge on any atom is 0.253 e. The second kappa shape index (κ2) is 7.51.